The second-order valence-electron chi connectivity index (χ2n) is 3.56. The van der Waals surface area contributed by atoms with Crippen LogP contribution >= 0.6 is 0 Å². The zero-order chi connectivity index (χ0) is 12.1. The van der Waals surface area contributed by atoms with Crippen LogP contribution in [0.4, 0.5) is 0 Å². The van der Waals surface area contributed by atoms with Crippen LogP contribution in [0.15, 0.2) is 54.6 Å². The number of carboxylic acids is 1. The van der Waals surface area contributed by atoms with Gasteiger partial charge in [-0.05, 0) is 5.56 Å². The summed E-state index contributed by atoms with van der Waals surface area (Å²) in [6.45, 7) is 0. The molecule has 2 nitrogen and oxygen atoms in total. The molecule has 1 N–H and O–H groups in total. The van der Waals surface area contributed by atoms with E-state index in [1.165, 1.54) is 0 Å². The summed E-state index contributed by atoms with van der Waals surface area (Å²) in [6.07, 6.45) is 1.66. The first kappa shape index (κ1) is 14.8. The molecule has 0 aliphatic heterocycles. The first-order chi connectivity index (χ1) is 8.27. The van der Waals surface area contributed by atoms with E-state index in [0.29, 0.717) is 5.56 Å². The molecule has 0 fully saturated rings. The van der Waals surface area contributed by atoms with E-state index in [4.69, 9.17) is 0 Å². The summed E-state index contributed by atoms with van der Waals surface area (Å²) in [4.78, 5) is 11.2. The first-order valence-electron chi connectivity index (χ1n) is 5.24. The number of carbonyl (C=O) groups is 1. The number of hydrogen-bond acceptors (Lipinski definition) is 1. The molecule has 0 aliphatic rings. The van der Waals surface area contributed by atoms with Gasteiger partial charge in [-0.3, -0.25) is 0 Å². The molecular weight excluding hydrogens is 301 g/mol. The number of aliphatic carboxylic acids is 1. The monoisotopic (exact) mass is 312 g/mol. The van der Waals surface area contributed by atoms with E-state index in [2.05, 4.69) is 6.07 Å². The maximum atomic E-state index is 11.2. The van der Waals surface area contributed by atoms with Gasteiger partial charge in [0.05, 0.1) is 5.57 Å². The van der Waals surface area contributed by atoms with Crippen molar-refractivity contribution in [2.75, 3.05) is 0 Å². The van der Waals surface area contributed by atoms with Crippen LogP contribution in [0.25, 0.3) is 11.6 Å². The maximum absolute atomic E-state index is 11.2. The molecule has 87 valence electrons. The second-order valence-corrected chi connectivity index (χ2v) is 3.56. The fourth-order valence-corrected chi connectivity index (χ4v) is 1.55. The van der Waals surface area contributed by atoms with Crippen molar-refractivity contribution in [3.05, 3.63) is 71.8 Å². The van der Waals surface area contributed by atoms with Crippen LogP contribution in [0.2, 0.25) is 0 Å². The van der Waals surface area contributed by atoms with Gasteiger partial charge in [0, 0.05) is 32.7 Å². The Kier molecular flexibility index (Phi) is 5.96. The van der Waals surface area contributed by atoms with Crippen molar-refractivity contribution in [2.45, 2.75) is 0 Å². The molecule has 0 saturated carbocycles. The summed E-state index contributed by atoms with van der Waals surface area (Å²) in [5.41, 5.74) is 1.84. The third-order valence-electron chi connectivity index (χ3n) is 2.37. The van der Waals surface area contributed by atoms with Gasteiger partial charge in [0.1, 0.15) is 0 Å². The Labute approximate surface area is 131 Å². The molecule has 0 aromatic heterocycles. The first-order valence-corrected chi connectivity index (χ1v) is 5.24. The van der Waals surface area contributed by atoms with Crippen LogP contribution in [-0.2, 0) is 37.5 Å². The molecule has 0 saturated heterocycles. The van der Waals surface area contributed by atoms with Crippen molar-refractivity contribution >= 4 is 17.6 Å². The predicted octanol–water partition coefficient (Wildman–Crippen LogP) is 3.11. The summed E-state index contributed by atoms with van der Waals surface area (Å²) in [5, 5.41) is 9.21. The zero-order valence-electron chi connectivity index (χ0n) is 9.71. The summed E-state index contributed by atoms with van der Waals surface area (Å²) in [6, 6.07) is 19.2. The average molecular weight is 312 g/mol. The number of rotatable bonds is 3. The molecule has 2 rings (SSSR count). The molecule has 0 aliphatic carbocycles. The molecule has 1 radical (unpaired) electrons. The zero-order valence-corrected chi connectivity index (χ0v) is 12.5. The smallest absolute Gasteiger partial charge is 0.336 e. The van der Waals surface area contributed by atoms with E-state index in [1.54, 1.807) is 30.3 Å². The Bertz CT molecular complexity index is 533. The third-order valence-corrected chi connectivity index (χ3v) is 2.37. The van der Waals surface area contributed by atoms with Crippen molar-refractivity contribution in [1.82, 2.24) is 0 Å². The average Bonchev–Trinajstić information content (AvgIpc) is 2.38. The molecule has 18 heavy (non-hydrogen) atoms. The number of benzene rings is 2. The van der Waals surface area contributed by atoms with E-state index in [0.717, 1.165) is 5.56 Å². The summed E-state index contributed by atoms with van der Waals surface area (Å²) >= 11 is 0. The topological polar surface area (TPSA) is 37.3 Å². The molecule has 0 amide bonds. The molecule has 2 aromatic rings. The Morgan fingerprint density at radius 1 is 1.06 bits per heavy atom. The Balaban J connectivity index is 0.00000162. The fraction of sp³-hybridized carbons (Fsp3) is 0. The van der Waals surface area contributed by atoms with E-state index in [9.17, 15) is 9.90 Å². The van der Waals surface area contributed by atoms with E-state index in [-0.39, 0.29) is 38.3 Å². The van der Waals surface area contributed by atoms with Gasteiger partial charge >= 0.3 is 5.97 Å². The minimum absolute atomic E-state index is 0. The SMILES string of the molecule is O=C(O)/C(=C/c1cc[c-]cc1)c1ccccc1.[Y]. The summed E-state index contributed by atoms with van der Waals surface area (Å²) in [7, 11) is 0. The van der Waals surface area contributed by atoms with E-state index in [1.807, 2.05) is 30.3 Å². The molecule has 0 spiro atoms. The molecular formula is C15H11O2Y-. The minimum Gasteiger partial charge on any atom is -0.478 e. The van der Waals surface area contributed by atoms with Crippen LogP contribution in [0.5, 0.6) is 0 Å². The second kappa shape index (κ2) is 7.25. The van der Waals surface area contributed by atoms with Gasteiger partial charge in [-0.1, -0.05) is 36.4 Å². The van der Waals surface area contributed by atoms with Crippen LogP contribution in [-0.4, -0.2) is 11.1 Å². The third kappa shape index (κ3) is 3.90. The summed E-state index contributed by atoms with van der Waals surface area (Å²) in [5.74, 6) is -0.927. The molecule has 2 aromatic carbocycles. The van der Waals surface area contributed by atoms with Crippen molar-refractivity contribution in [2.24, 2.45) is 0 Å². The number of carboxylic acid groups (broad SMARTS) is 1. The van der Waals surface area contributed by atoms with Gasteiger partial charge in [0.15, 0.2) is 0 Å². The van der Waals surface area contributed by atoms with Crippen LogP contribution in [0.3, 0.4) is 0 Å². The standard InChI is InChI=1S/C15H11O2.Y/c16-15(17)14(13-9-5-2-6-10-13)11-12-7-3-1-4-8-12;/h2-11H,(H,16,17);/q-1;/b14-11+;. The van der Waals surface area contributed by atoms with Crippen LogP contribution in [0.1, 0.15) is 11.1 Å². The Morgan fingerprint density at radius 3 is 2.22 bits per heavy atom. The molecule has 0 heterocycles. The maximum Gasteiger partial charge on any atom is 0.336 e. The Morgan fingerprint density at radius 2 is 1.67 bits per heavy atom. The van der Waals surface area contributed by atoms with Gasteiger partial charge in [-0.15, -0.1) is 5.56 Å². The van der Waals surface area contributed by atoms with Gasteiger partial charge in [0.25, 0.3) is 0 Å². The summed E-state index contributed by atoms with van der Waals surface area (Å²) < 4.78 is 0. The minimum atomic E-state index is -0.927. The molecule has 0 unspecified atom stereocenters. The van der Waals surface area contributed by atoms with Gasteiger partial charge in [-0.2, -0.15) is 30.3 Å². The predicted molar refractivity (Wildman–Crippen MR) is 67.2 cm³/mol. The van der Waals surface area contributed by atoms with Crippen molar-refractivity contribution in [1.29, 1.82) is 0 Å². The van der Waals surface area contributed by atoms with Crippen LogP contribution in [0, 0.1) is 6.07 Å². The number of hydrogen-bond donors (Lipinski definition) is 1. The van der Waals surface area contributed by atoms with E-state index >= 15 is 0 Å². The molecule has 3 heteroatoms. The van der Waals surface area contributed by atoms with Gasteiger partial charge < -0.3 is 5.11 Å². The molecule has 0 atom stereocenters. The molecule has 0 bridgehead atoms. The van der Waals surface area contributed by atoms with E-state index < -0.39 is 5.97 Å². The normalized spacial score (nSPS) is 10.6. The quantitative estimate of drug-likeness (QED) is 0.537. The van der Waals surface area contributed by atoms with Gasteiger partial charge in [0.2, 0.25) is 0 Å². The van der Waals surface area contributed by atoms with Crippen molar-refractivity contribution in [3.63, 3.8) is 0 Å². The fourth-order valence-electron chi connectivity index (χ4n) is 1.55. The van der Waals surface area contributed by atoms with Crippen molar-refractivity contribution in [3.8, 4) is 0 Å². The van der Waals surface area contributed by atoms with Gasteiger partial charge in [-0.25, -0.2) is 4.79 Å². The largest absolute Gasteiger partial charge is 0.478 e. The van der Waals surface area contributed by atoms with Crippen molar-refractivity contribution < 1.29 is 42.6 Å². The van der Waals surface area contributed by atoms with Crippen LogP contribution < -0.4 is 0 Å². The Hall–Kier alpha value is -1.25.